The number of amides is 2. The number of nitrogens with one attached hydrogen (secondary N) is 1. The van der Waals surface area contributed by atoms with Gasteiger partial charge in [0.15, 0.2) is 0 Å². The summed E-state index contributed by atoms with van der Waals surface area (Å²) in [4.78, 5) is 25.8. The van der Waals surface area contributed by atoms with E-state index in [1.165, 1.54) is 0 Å². The maximum Gasteiger partial charge on any atom is 0.255 e. The minimum absolute atomic E-state index is 0.0584. The van der Waals surface area contributed by atoms with Crippen molar-refractivity contribution in [1.82, 2.24) is 4.90 Å². The molecule has 2 aromatic rings. The molecule has 144 valence electrons. The predicted molar refractivity (Wildman–Crippen MR) is 111 cm³/mol. The van der Waals surface area contributed by atoms with E-state index in [9.17, 15) is 9.59 Å². The standard InChI is InChI=1S/C21H25BrN2O3/c1-14(2)27-19-10-9-16(13-18(19)22)21(26)23-17-7-5-6-15(12-17)8-11-20(25)24(3)4/h5-7,9-10,12-14H,8,11H2,1-4H3,(H,23,26). The van der Waals surface area contributed by atoms with Crippen LogP contribution in [-0.2, 0) is 11.2 Å². The van der Waals surface area contributed by atoms with E-state index in [2.05, 4.69) is 21.2 Å². The second-order valence-corrected chi connectivity index (χ2v) is 7.61. The molecule has 2 rings (SSSR count). The van der Waals surface area contributed by atoms with Crippen LogP contribution in [0, 0.1) is 0 Å². The molecule has 0 saturated carbocycles. The van der Waals surface area contributed by atoms with Gasteiger partial charge in [-0.1, -0.05) is 12.1 Å². The summed E-state index contributed by atoms with van der Waals surface area (Å²) in [5, 5.41) is 2.90. The number of aryl methyl sites for hydroxylation is 1. The SMILES string of the molecule is CC(C)Oc1ccc(C(=O)Nc2cccc(CCC(=O)N(C)C)c2)cc1Br. The minimum Gasteiger partial charge on any atom is -0.490 e. The smallest absolute Gasteiger partial charge is 0.255 e. The lowest BCUT2D eigenvalue weighted by atomic mass is 10.1. The molecule has 1 N–H and O–H groups in total. The van der Waals surface area contributed by atoms with Crippen LogP contribution in [0.15, 0.2) is 46.9 Å². The van der Waals surface area contributed by atoms with Crippen LogP contribution in [-0.4, -0.2) is 36.9 Å². The molecule has 2 amide bonds. The van der Waals surface area contributed by atoms with Gasteiger partial charge in [0.05, 0.1) is 10.6 Å². The number of ether oxygens (including phenoxy) is 1. The Morgan fingerprint density at radius 3 is 2.52 bits per heavy atom. The summed E-state index contributed by atoms with van der Waals surface area (Å²) in [5.74, 6) is 0.584. The molecule has 0 aliphatic heterocycles. The summed E-state index contributed by atoms with van der Waals surface area (Å²) in [5.41, 5.74) is 2.24. The molecular weight excluding hydrogens is 408 g/mol. The quantitative estimate of drug-likeness (QED) is 0.699. The van der Waals surface area contributed by atoms with Crippen molar-refractivity contribution >= 4 is 33.4 Å². The first-order chi connectivity index (χ1) is 12.8. The van der Waals surface area contributed by atoms with Crippen LogP contribution < -0.4 is 10.1 Å². The first-order valence-electron chi connectivity index (χ1n) is 8.83. The molecule has 0 bridgehead atoms. The Kier molecular flexibility index (Phi) is 7.42. The van der Waals surface area contributed by atoms with Crippen LogP contribution in [0.4, 0.5) is 5.69 Å². The van der Waals surface area contributed by atoms with Crippen molar-refractivity contribution in [3.63, 3.8) is 0 Å². The number of hydrogen-bond donors (Lipinski definition) is 1. The van der Waals surface area contributed by atoms with E-state index in [1.54, 1.807) is 37.2 Å². The number of anilines is 1. The summed E-state index contributed by atoms with van der Waals surface area (Å²) >= 11 is 3.45. The van der Waals surface area contributed by atoms with Crippen LogP contribution in [0.25, 0.3) is 0 Å². The summed E-state index contributed by atoms with van der Waals surface area (Å²) in [6.45, 7) is 3.90. The van der Waals surface area contributed by atoms with Crippen molar-refractivity contribution < 1.29 is 14.3 Å². The Morgan fingerprint density at radius 2 is 1.89 bits per heavy atom. The topological polar surface area (TPSA) is 58.6 Å². The fourth-order valence-corrected chi connectivity index (χ4v) is 2.95. The summed E-state index contributed by atoms with van der Waals surface area (Å²) in [7, 11) is 3.49. The highest BCUT2D eigenvalue weighted by atomic mass is 79.9. The van der Waals surface area contributed by atoms with Gasteiger partial charge in [-0.15, -0.1) is 0 Å². The molecule has 0 fully saturated rings. The molecule has 0 aliphatic carbocycles. The van der Waals surface area contributed by atoms with E-state index >= 15 is 0 Å². The molecule has 0 heterocycles. The molecule has 0 spiro atoms. The van der Waals surface area contributed by atoms with Crippen LogP contribution in [0.1, 0.15) is 36.2 Å². The molecule has 27 heavy (non-hydrogen) atoms. The molecule has 2 aromatic carbocycles. The minimum atomic E-state index is -0.201. The van der Waals surface area contributed by atoms with Crippen LogP contribution >= 0.6 is 15.9 Å². The Morgan fingerprint density at radius 1 is 1.15 bits per heavy atom. The van der Waals surface area contributed by atoms with Crippen molar-refractivity contribution in [2.75, 3.05) is 19.4 Å². The molecule has 0 aliphatic rings. The number of hydrogen-bond acceptors (Lipinski definition) is 3. The Hall–Kier alpha value is -2.34. The van der Waals surface area contributed by atoms with E-state index in [1.807, 2.05) is 38.1 Å². The van der Waals surface area contributed by atoms with Gasteiger partial charge in [-0.3, -0.25) is 9.59 Å². The second-order valence-electron chi connectivity index (χ2n) is 6.75. The van der Waals surface area contributed by atoms with Gasteiger partial charge < -0.3 is 15.0 Å². The highest BCUT2D eigenvalue weighted by Crippen LogP contribution is 2.27. The zero-order valence-corrected chi connectivity index (χ0v) is 17.7. The number of halogens is 1. The van der Waals surface area contributed by atoms with Crippen LogP contribution in [0.5, 0.6) is 5.75 Å². The average Bonchev–Trinajstić information content (AvgIpc) is 2.61. The summed E-state index contributed by atoms with van der Waals surface area (Å²) in [6, 6.07) is 12.8. The molecule has 0 aromatic heterocycles. The maximum absolute atomic E-state index is 12.5. The van der Waals surface area contributed by atoms with Crippen molar-refractivity contribution in [2.45, 2.75) is 32.8 Å². The summed E-state index contributed by atoms with van der Waals surface area (Å²) < 4.78 is 6.40. The molecule has 5 nitrogen and oxygen atoms in total. The van der Waals surface area contributed by atoms with Gasteiger partial charge in [-0.25, -0.2) is 0 Å². The number of carbonyl (C=O) groups is 2. The van der Waals surface area contributed by atoms with E-state index in [0.29, 0.717) is 29.8 Å². The lowest BCUT2D eigenvalue weighted by Crippen LogP contribution is -2.21. The Balaban J connectivity index is 2.04. The molecule has 0 saturated heterocycles. The lowest BCUT2D eigenvalue weighted by molar-refractivity contribution is -0.128. The van der Waals surface area contributed by atoms with E-state index in [4.69, 9.17) is 4.74 Å². The van der Waals surface area contributed by atoms with E-state index < -0.39 is 0 Å². The number of rotatable bonds is 7. The Bertz CT molecular complexity index is 819. The molecule has 0 unspecified atom stereocenters. The third-order valence-corrected chi connectivity index (χ3v) is 4.49. The normalized spacial score (nSPS) is 10.6. The van der Waals surface area contributed by atoms with Gasteiger partial charge in [0.1, 0.15) is 5.75 Å². The van der Waals surface area contributed by atoms with Gasteiger partial charge in [0.25, 0.3) is 5.91 Å². The van der Waals surface area contributed by atoms with E-state index in [0.717, 1.165) is 10.0 Å². The van der Waals surface area contributed by atoms with Gasteiger partial charge >= 0.3 is 0 Å². The fraction of sp³-hybridized carbons (Fsp3) is 0.333. The maximum atomic E-state index is 12.5. The van der Waals surface area contributed by atoms with Crippen LogP contribution in [0.2, 0.25) is 0 Å². The van der Waals surface area contributed by atoms with Crippen LogP contribution in [0.3, 0.4) is 0 Å². The molecular formula is C21H25BrN2O3. The Labute approximate surface area is 168 Å². The monoisotopic (exact) mass is 432 g/mol. The third kappa shape index (κ3) is 6.40. The predicted octanol–water partition coefficient (Wildman–Crippen LogP) is 4.51. The van der Waals surface area contributed by atoms with Gasteiger partial charge in [-0.05, 0) is 72.1 Å². The third-order valence-electron chi connectivity index (χ3n) is 3.87. The van der Waals surface area contributed by atoms with Crippen molar-refractivity contribution in [2.24, 2.45) is 0 Å². The molecule has 6 heteroatoms. The highest BCUT2D eigenvalue weighted by molar-refractivity contribution is 9.10. The number of carbonyl (C=O) groups excluding carboxylic acids is 2. The van der Waals surface area contributed by atoms with Crippen molar-refractivity contribution in [3.8, 4) is 5.75 Å². The lowest BCUT2D eigenvalue weighted by Gasteiger charge is -2.13. The summed E-state index contributed by atoms with van der Waals surface area (Å²) in [6.07, 6.45) is 1.13. The van der Waals surface area contributed by atoms with Gasteiger partial charge in [-0.2, -0.15) is 0 Å². The number of nitrogens with zero attached hydrogens (tertiary/aromatic N) is 1. The average molecular weight is 433 g/mol. The first-order valence-corrected chi connectivity index (χ1v) is 9.62. The zero-order chi connectivity index (χ0) is 20.0. The molecule has 0 radical (unpaired) electrons. The van der Waals surface area contributed by atoms with Crippen molar-refractivity contribution in [3.05, 3.63) is 58.1 Å². The van der Waals surface area contributed by atoms with Gasteiger partial charge in [0.2, 0.25) is 5.91 Å². The largest absolute Gasteiger partial charge is 0.490 e. The highest BCUT2D eigenvalue weighted by Gasteiger charge is 2.11. The second kappa shape index (κ2) is 9.55. The fourth-order valence-electron chi connectivity index (χ4n) is 2.47. The van der Waals surface area contributed by atoms with Gasteiger partial charge in [0, 0.05) is 31.8 Å². The van der Waals surface area contributed by atoms with E-state index in [-0.39, 0.29) is 17.9 Å². The molecule has 0 atom stereocenters. The van der Waals surface area contributed by atoms with Crippen molar-refractivity contribution in [1.29, 1.82) is 0 Å². The first kappa shape index (κ1) is 21.0. The zero-order valence-electron chi connectivity index (χ0n) is 16.1. The number of benzene rings is 2.